The Morgan fingerprint density at radius 2 is 2.14 bits per heavy atom. The molecule has 0 aliphatic carbocycles. The lowest BCUT2D eigenvalue weighted by Crippen LogP contribution is -2.30. The van der Waals surface area contributed by atoms with E-state index in [0.717, 1.165) is 30.7 Å². The van der Waals surface area contributed by atoms with E-state index in [1.54, 1.807) is 0 Å². The zero-order valence-electron chi connectivity index (χ0n) is 11.4. The minimum atomic E-state index is -4.00. The molecule has 1 aromatic carbocycles. The van der Waals surface area contributed by atoms with Crippen molar-refractivity contribution in [1.82, 2.24) is 10.0 Å². The predicted molar refractivity (Wildman–Crippen MR) is 86.1 cm³/mol. The smallest absolute Gasteiger partial charge is 0.289 e. The van der Waals surface area contributed by atoms with Gasteiger partial charge in [-0.3, -0.25) is 10.1 Å². The number of rotatable bonds is 5. The molecule has 0 saturated heterocycles. The molecule has 0 aromatic heterocycles. The van der Waals surface area contributed by atoms with Crippen molar-refractivity contribution in [2.45, 2.75) is 11.3 Å². The highest BCUT2D eigenvalue weighted by Gasteiger charge is 2.26. The third-order valence-electron chi connectivity index (χ3n) is 3.06. The summed E-state index contributed by atoms with van der Waals surface area (Å²) in [5.74, 6) is 0. The molecular formula is C12H15Cl2N3O4S. The second-order valence-corrected chi connectivity index (χ2v) is 6.68. The lowest BCUT2D eigenvalue weighted by molar-refractivity contribution is -0.387. The van der Waals surface area contributed by atoms with Crippen LogP contribution in [0.2, 0.25) is 5.02 Å². The molecule has 0 saturated carbocycles. The first-order valence-electron chi connectivity index (χ1n) is 6.22. The van der Waals surface area contributed by atoms with Gasteiger partial charge in [0, 0.05) is 24.2 Å². The molecule has 122 valence electrons. The number of benzene rings is 1. The summed E-state index contributed by atoms with van der Waals surface area (Å²) in [4.78, 5) is 9.77. The number of hydrogen-bond donors (Lipinski definition) is 2. The van der Waals surface area contributed by atoms with Crippen LogP contribution in [0.3, 0.4) is 0 Å². The van der Waals surface area contributed by atoms with Gasteiger partial charge in [-0.05, 0) is 25.1 Å². The third kappa shape index (κ3) is 4.65. The van der Waals surface area contributed by atoms with E-state index in [0.29, 0.717) is 6.54 Å². The second-order valence-electron chi connectivity index (χ2n) is 4.51. The molecule has 0 atom stereocenters. The van der Waals surface area contributed by atoms with Crippen LogP contribution < -0.4 is 10.0 Å². The van der Waals surface area contributed by atoms with Gasteiger partial charge < -0.3 is 5.32 Å². The molecule has 0 amide bonds. The fraction of sp³-hybridized carbons (Fsp3) is 0.333. The van der Waals surface area contributed by atoms with Crippen LogP contribution >= 0.6 is 24.0 Å². The van der Waals surface area contributed by atoms with Crippen molar-refractivity contribution >= 4 is 39.7 Å². The Kier molecular flexibility index (Phi) is 6.76. The van der Waals surface area contributed by atoms with Crippen molar-refractivity contribution in [3.05, 3.63) is 45.0 Å². The molecule has 1 aliphatic rings. The summed E-state index contributed by atoms with van der Waals surface area (Å²) >= 11 is 5.74. The molecule has 0 bridgehead atoms. The standard InChI is InChI=1S/C12H14ClN3O4S.ClH/c13-10-1-2-11(16(17)18)12(7-10)21(19,20)15-8-9-3-5-14-6-4-9;/h1-3,7,14-15H,4-6,8H2;1H. The zero-order valence-corrected chi connectivity index (χ0v) is 13.8. The average molecular weight is 368 g/mol. The molecule has 0 fully saturated rings. The fourth-order valence-corrected chi connectivity index (χ4v) is 3.42. The fourth-order valence-electron chi connectivity index (χ4n) is 1.95. The van der Waals surface area contributed by atoms with Crippen molar-refractivity contribution in [2.75, 3.05) is 19.6 Å². The van der Waals surface area contributed by atoms with Gasteiger partial charge in [0.1, 0.15) is 0 Å². The van der Waals surface area contributed by atoms with Gasteiger partial charge in [-0.15, -0.1) is 12.4 Å². The van der Waals surface area contributed by atoms with E-state index in [1.807, 2.05) is 6.08 Å². The highest BCUT2D eigenvalue weighted by atomic mass is 35.5. The Balaban J connectivity index is 0.00000242. The molecule has 1 aliphatic heterocycles. The maximum absolute atomic E-state index is 12.2. The van der Waals surface area contributed by atoms with Crippen LogP contribution in [0.15, 0.2) is 34.7 Å². The van der Waals surface area contributed by atoms with Crippen molar-refractivity contribution in [3.8, 4) is 0 Å². The van der Waals surface area contributed by atoms with Crippen LogP contribution in [0.4, 0.5) is 5.69 Å². The highest BCUT2D eigenvalue weighted by Crippen LogP contribution is 2.26. The molecule has 0 radical (unpaired) electrons. The van der Waals surface area contributed by atoms with Crippen LogP contribution in [-0.2, 0) is 10.0 Å². The van der Waals surface area contributed by atoms with E-state index >= 15 is 0 Å². The average Bonchev–Trinajstić information content (AvgIpc) is 2.46. The lowest BCUT2D eigenvalue weighted by atomic mass is 10.1. The summed E-state index contributed by atoms with van der Waals surface area (Å²) in [7, 11) is -4.00. The maximum atomic E-state index is 12.2. The highest BCUT2D eigenvalue weighted by molar-refractivity contribution is 7.89. The van der Waals surface area contributed by atoms with Gasteiger partial charge in [0.2, 0.25) is 10.0 Å². The first kappa shape index (κ1) is 18.9. The van der Waals surface area contributed by atoms with Gasteiger partial charge in [0.15, 0.2) is 4.90 Å². The third-order valence-corrected chi connectivity index (χ3v) is 4.72. The monoisotopic (exact) mass is 367 g/mol. The number of nitro groups is 1. The van der Waals surface area contributed by atoms with Crippen molar-refractivity contribution in [1.29, 1.82) is 0 Å². The summed E-state index contributed by atoms with van der Waals surface area (Å²) in [5, 5.41) is 14.2. The van der Waals surface area contributed by atoms with Crippen LogP contribution in [0.1, 0.15) is 6.42 Å². The van der Waals surface area contributed by atoms with E-state index in [2.05, 4.69) is 10.0 Å². The molecule has 7 nitrogen and oxygen atoms in total. The second kappa shape index (κ2) is 7.89. The van der Waals surface area contributed by atoms with Crippen LogP contribution in [0.25, 0.3) is 0 Å². The molecule has 0 spiro atoms. The van der Waals surface area contributed by atoms with Crippen LogP contribution in [0.5, 0.6) is 0 Å². The van der Waals surface area contributed by atoms with Gasteiger partial charge in [0.25, 0.3) is 5.69 Å². The molecule has 1 aromatic rings. The number of halogens is 2. The summed E-state index contributed by atoms with van der Waals surface area (Å²) in [6.45, 7) is 1.60. The van der Waals surface area contributed by atoms with Crippen molar-refractivity contribution < 1.29 is 13.3 Å². The van der Waals surface area contributed by atoms with Crippen LogP contribution in [0, 0.1) is 10.1 Å². The normalized spacial score (nSPS) is 14.9. The van der Waals surface area contributed by atoms with E-state index in [-0.39, 0.29) is 24.0 Å². The van der Waals surface area contributed by atoms with E-state index in [9.17, 15) is 18.5 Å². The SMILES string of the molecule is Cl.O=[N+]([O-])c1ccc(Cl)cc1S(=O)(=O)NCC1=CCNCC1. The first-order valence-corrected chi connectivity index (χ1v) is 8.08. The minimum absolute atomic E-state index is 0. The number of hydrogen-bond acceptors (Lipinski definition) is 5. The van der Waals surface area contributed by atoms with Gasteiger partial charge in [-0.2, -0.15) is 0 Å². The molecule has 10 heteroatoms. The van der Waals surface area contributed by atoms with Gasteiger partial charge in [-0.1, -0.05) is 23.3 Å². The van der Waals surface area contributed by atoms with Gasteiger partial charge >= 0.3 is 0 Å². The maximum Gasteiger partial charge on any atom is 0.289 e. The number of sulfonamides is 1. The Labute approximate surface area is 139 Å². The molecule has 2 rings (SSSR count). The van der Waals surface area contributed by atoms with E-state index in [1.165, 1.54) is 6.07 Å². The summed E-state index contributed by atoms with van der Waals surface area (Å²) in [6.07, 6.45) is 2.64. The number of nitro benzene ring substituents is 1. The molecule has 0 unspecified atom stereocenters. The summed E-state index contributed by atoms with van der Waals surface area (Å²) in [5.41, 5.74) is 0.452. The van der Waals surface area contributed by atoms with Crippen molar-refractivity contribution in [3.63, 3.8) is 0 Å². The van der Waals surface area contributed by atoms with Gasteiger partial charge in [0.05, 0.1) is 4.92 Å². The molecule has 22 heavy (non-hydrogen) atoms. The predicted octanol–water partition coefficient (Wildman–Crippen LogP) is 1.87. The molecule has 2 N–H and O–H groups in total. The molecular weight excluding hydrogens is 353 g/mol. The quantitative estimate of drug-likeness (QED) is 0.469. The van der Waals surface area contributed by atoms with Crippen molar-refractivity contribution in [2.24, 2.45) is 0 Å². The van der Waals surface area contributed by atoms with Gasteiger partial charge in [-0.25, -0.2) is 13.1 Å². The lowest BCUT2D eigenvalue weighted by Gasteiger charge is -2.14. The van der Waals surface area contributed by atoms with Crippen LogP contribution in [-0.4, -0.2) is 33.0 Å². The number of nitrogens with one attached hydrogen (secondary N) is 2. The topological polar surface area (TPSA) is 101 Å². The minimum Gasteiger partial charge on any atom is -0.313 e. The largest absolute Gasteiger partial charge is 0.313 e. The number of nitrogens with zero attached hydrogens (tertiary/aromatic N) is 1. The summed E-state index contributed by atoms with van der Waals surface area (Å²) in [6, 6.07) is 3.45. The van der Waals surface area contributed by atoms with E-state index < -0.39 is 25.5 Å². The zero-order chi connectivity index (χ0) is 15.5. The Bertz CT molecular complexity index is 692. The Morgan fingerprint density at radius 1 is 1.41 bits per heavy atom. The van der Waals surface area contributed by atoms with E-state index in [4.69, 9.17) is 11.6 Å². The first-order chi connectivity index (χ1) is 9.90. The Morgan fingerprint density at radius 3 is 2.73 bits per heavy atom. The Hall–Kier alpha value is -1.19. The molecule has 1 heterocycles. The summed E-state index contributed by atoms with van der Waals surface area (Å²) < 4.78 is 26.9.